The summed E-state index contributed by atoms with van der Waals surface area (Å²) in [6.07, 6.45) is 2.01. The van der Waals surface area contributed by atoms with E-state index >= 15 is 0 Å². The first-order valence-electron chi connectivity index (χ1n) is 6.48. The number of para-hydroxylation sites is 1. The number of anilines is 1. The molecule has 102 valence electrons. The van der Waals surface area contributed by atoms with E-state index in [0.29, 0.717) is 6.61 Å². The number of hydrogen-bond donors (Lipinski definition) is 1. The molecule has 0 saturated heterocycles. The predicted molar refractivity (Wildman–Crippen MR) is 78.0 cm³/mol. The van der Waals surface area contributed by atoms with Crippen LogP contribution in [0, 0.1) is 6.92 Å². The van der Waals surface area contributed by atoms with E-state index in [0.717, 1.165) is 28.5 Å². The minimum absolute atomic E-state index is 0.387. The Labute approximate surface area is 117 Å². The van der Waals surface area contributed by atoms with E-state index in [1.807, 2.05) is 61.0 Å². The van der Waals surface area contributed by atoms with Crippen LogP contribution in [0.4, 0.5) is 5.69 Å². The molecule has 3 aromatic rings. The quantitative estimate of drug-likeness (QED) is 0.790. The van der Waals surface area contributed by atoms with Crippen molar-refractivity contribution in [2.24, 2.45) is 0 Å². The number of hydrogen-bond acceptors (Lipinski definition) is 4. The summed E-state index contributed by atoms with van der Waals surface area (Å²) < 4.78 is 7.69. The predicted octanol–water partition coefficient (Wildman–Crippen LogP) is 2.66. The van der Waals surface area contributed by atoms with E-state index in [1.165, 1.54) is 0 Å². The molecule has 5 heteroatoms. The van der Waals surface area contributed by atoms with Gasteiger partial charge in [-0.05, 0) is 30.7 Å². The maximum Gasteiger partial charge on any atom is 0.184 e. The molecule has 0 aliphatic carbocycles. The molecule has 0 saturated carbocycles. The van der Waals surface area contributed by atoms with Crippen molar-refractivity contribution in [1.82, 2.24) is 14.6 Å². The summed E-state index contributed by atoms with van der Waals surface area (Å²) in [4.78, 5) is 0. The molecule has 20 heavy (non-hydrogen) atoms. The fourth-order valence-electron chi connectivity index (χ4n) is 2.12. The van der Waals surface area contributed by atoms with Gasteiger partial charge in [0.05, 0.1) is 5.69 Å². The minimum atomic E-state index is 0.387. The minimum Gasteiger partial charge on any atom is -0.486 e. The number of aryl methyl sites for hydroxylation is 1. The summed E-state index contributed by atoms with van der Waals surface area (Å²) in [6.45, 7) is 2.43. The number of aromatic nitrogens is 3. The van der Waals surface area contributed by atoms with Gasteiger partial charge in [0, 0.05) is 13.2 Å². The molecule has 0 amide bonds. The smallest absolute Gasteiger partial charge is 0.184 e. The zero-order chi connectivity index (χ0) is 13.9. The van der Waals surface area contributed by atoms with E-state index in [-0.39, 0.29) is 0 Å². The van der Waals surface area contributed by atoms with Gasteiger partial charge < -0.3 is 10.1 Å². The van der Waals surface area contributed by atoms with Gasteiger partial charge in [-0.1, -0.05) is 18.2 Å². The zero-order valence-corrected chi connectivity index (χ0v) is 11.5. The molecular formula is C15H16N4O. The molecule has 0 aliphatic heterocycles. The van der Waals surface area contributed by atoms with Crippen LogP contribution in [-0.2, 0) is 6.61 Å². The monoisotopic (exact) mass is 268 g/mol. The molecule has 0 fully saturated rings. The molecule has 0 bridgehead atoms. The van der Waals surface area contributed by atoms with Crippen LogP contribution in [0.1, 0.15) is 11.4 Å². The molecular weight excluding hydrogens is 252 g/mol. The average molecular weight is 268 g/mol. The summed E-state index contributed by atoms with van der Waals surface area (Å²) in [7, 11) is 1.88. The molecule has 3 rings (SSSR count). The lowest BCUT2D eigenvalue weighted by Crippen LogP contribution is -2.02. The maximum absolute atomic E-state index is 5.73. The zero-order valence-electron chi connectivity index (χ0n) is 11.5. The highest BCUT2D eigenvalue weighted by Gasteiger charge is 2.10. The van der Waals surface area contributed by atoms with Crippen molar-refractivity contribution in [1.29, 1.82) is 0 Å². The number of benzene rings is 1. The normalized spacial score (nSPS) is 10.7. The SMILES string of the molecule is CNc1cc(C)cn2c(COc3ccccc3)nnc12. The number of rotatable bonds is 4. The second-order valence-electron chi connectivity index (χ2n) is 4.59. The Bertz CT molecular complexity index is 721. The lowest BCUT2D eigenvalue weighted by molar-refractivity contribution is 0.294. The van der Waals surface area contributed by atoms with Crippen molar-refractivity contribution in [2.75, 3.05) is 12.4 Å². The second-order valence-corrected chi connectivity index (χ2v) is 4.59. The van der Waals surface area contributed by atoms with Crippen molar-refractivity contribution >= 4 is 11.3 Å². The number of ether oxygens (including phenoxy) is 1. The third kappa shape index (κ3) is 2.30. The van der Waals surface area contributed by atoms with Gasteiger partial charge in [0.1, 0.15) is 12.4 Å². The van der Waals surface area contributed by atoms with Crippen molar-refractivity contribution in [3.05, 3.63) is 54.0 Å². The lowest BCUT2D eigenvalue weighted by atomic mass is 10.3. The van der Waals surface area contributed by atoms with E-state index in [9.17, 15) is 0 Å². The largest absolute Gasteiger partial charge is 0.486 e. The molecule has 0 radical (unpaired) electrons. The molecule has 0 spiro atoms. The first-order chi connectivity index (χ1) is 9.78. The maximum atomic E-state index is 5.73. The average Bonchev–Trinajstić information content (AvgIpc) is 2.88. The van der Waals surface area contributed by atoms with Crippen molar-refractivity contribution in [3.8, 4) is 5.75 Å². The summed E-state index contributed by atoms with van der Waals surface area (Å²) in [5.41, 5.74) is 2.91. The highest BCUT2D eigenvalue weighted by atomic mass is 16.5. The number of fused-ring (bicyclic) bond motifs is 1. The molecule has 1 N–H and O–H groups in total. The van der Waals surface area contributed by atoms with Gasteiger partial charge in [-0.25, -0.2) is 0 Å². The molecule has 0 atom stereocenters. The third-order valence-electron chi connectivity index (χ3n) is 3.09. The van der Waals surface area contributed by atoms with Crippen LogP contribution in [0.15, 0.2) is 42.6 Å². The Morgan fingerprint density at radius 1 is 1.20 bits per heavy atom. The van der Waals surface area contributed by atoms with Gasteiger partial charge in [-0.3, -0.25) is 4.40 Å². The Balaban J connectivity index is 1.91. The van der Waals surface area contributed by atoms with Crippen molar-refractivity contribution < 1.29 is 4.74 Å². The summed E-state index contributed by atoms with van der Waals surface area (Å²) in [6, 6.07) is 11.7. The number of pyridine rings is 1. The van der Waals surface area contributed by atoms with E-state index < -0.39 is 0 Å². The Morgan fingerprint density at radius 3 is 2.75 bits per heavy atom. The van der Waals surface area contributed by atoms with Gasteiger partial charge in [-0.15, -0.1) is 10.2 Å². The Kier molecular flexibility index (Phi) is 3.25. The van der Waals surface area contributed by atoms with Gasteiger partial charge >= 0.3 is 0 Å². The fourth-order valence-corrected chi connectivity index (χ4v) is 2.12. The van der Waals surface area contributed by atoms with Crippen LogP contribution in [-0.4, -0.2) is 21.6 Å². The fraction of sp³-hybridized carbons (Fsp3) is 0.200. The Morgan fingerprint density at radius 2 is 2.00 bits per heavy atom. The highest BCUT2D eigenvalue weighted by molar-refractivity contribution is 5.67. The third-order valence-corrected chi connectivity index (χ3v) is 3.09. The first-order valence-corrected chi connectivity index (χ1v) is 6.48. The van der Waals surface area contributed by atoms with Crippen molar-refractivity contribution in [2.45, 2.75) is 13.5 Å². The van der Waals surface area contributed by atoms with Gasteiger partial charge in [0.25, 0.3) is 0 Å². The van der Waals surface area contributed by atoms with Gasteiger partial charge in [0.15, 0.2) is 11.5 Å². The van der Waals surface area contributed by atoms with Crippen LogP contribution in [0.5, 0.6) is 5.75 Å². The van der Waals surface area contributed by atoms with E-state index in [4.69, 9.17) is 4.74 Å². The molecule has 2 heterocycles. The summed E-state index contributed by atoms with van der Waals surface area (Å²) >= 11 is 0. The number of nitrogens with zero attached hydrogens (tertiary/aromatic N) is 3. The van der Waals surface area contributed by atoms with Gasteiger partial charge in [0.2, 0.25) is 0 Å². The van der Waals surface area contributed by atoms with Crippen LogP contribution >= 0.6 is 0 Å². The molecule has 5 nitrogen and oxygen atoms in total. The highest BCUT2D eigenvalue weighted by Crippen LogP contribution is 2.18. The molecule has 0 unspecified atom stereocenters. The van der Waals surface area contributed by atoms with E-state index in [1.54, 1.807) is 0 Å². The number of nitrogens with one attached hydrogen (secondary N) is 1. The molecule has 1 aromatic carbocycles. The second kappa shape index (κ2) is 5.21. The lowest BCUT2D eigenvalue weighted by Gasteiger charge is -2.07. The van der Waals surface area contributed by atoms with Crippen LogP contribution in [0.25, 0.3) is 5.65 Å². The molecule has 0 aliphatic rings. The summed E-state index contributed by atoms with van der Waals surface area (Å²) in [5.74, 6) is 1.61. The van der Waals surface area contributed by atoms with Crippen LogP contribution in [0.2, 0.25) is 0 Å². The van der Waals surface area contributed by atoms with E-state index in [2.05, 4.69) is 15.5 Å². The molecule has 2 aromatic heterocycles. The standard InChI is InChI=1S/C15H16N4O/c1-11-8-13(16-2)15-18-17-14(19(15)9-11)10-20-12-6-4-3-5-7-12/h3-9,16H,10H2,1-2H3. The van der Waals surface area contributed by atoms with Gasteiger partial charge in [-0.2, -0.15) is 0 Å². The Hall–Kier alpha value is -2.56. The first kappa shape index (κ1) is 12.5. The van der Waals surface area contributed by atoms with Crippen molar-refractivity contribution in [3.63, 3.8) is 0 Å². The van der Waals surface area contributed by atoms with Crippen LogP contribution < -0.4 is 10.1 Å². The summed E-state index contributed by atoms with van der Waals surface area (Å²) in [5, 5.41) is 11.6. The topological polar surface area (TPSA) is 51.5 Å². The van der Waals surface area contributed by atoms with Crippen LogP contribution in [0.3, 0.4) is 0 Å².